The summed E-state index contributed by atoms with van der Waals surface area (Å²) in [4.78, 5) is 72.5. The number of piperidine rings is 1. The summed E-state index contributed by atoms with van der Waals surface area (Å²) in [6.07, 6.45) is 4.90. The van der Waals surface area contributed by atoms with Crippen LogP contribution in [0.3, 0.4) is 0 Å². The number of carbonyl (C=O) groups excluding carboxylic acids is 5. The van der Waals surface area contributed by atoms with Crippen molar-refractivity contribution >= 4 is 29.2 Å². The average Bonchev–Trinajstić information content (AvgIpc) is 3.37. The predicted molar refractivity (Wildman–Crippen MR) is 272 cm³/mol. The van der Waals surface area contributed by atoms with Crippen LogP contribution in [0.4, 0.5) is 13.2 Å². The number of ether oxygens (including phenoxy) is 7. The minimum Gasteiger partial charge on any atom is -0.460 e. The highest BCUT2D eigenvalue weighted by Crippen LogP contribution is 2.38. The largest absolute Gasteiger partial charge is 0.460 e. The number of Topliss-reactive ketones (excluding diaryl/α,β-unsaturated/α-hetero) is 3. The van der Waals surface area contributed by atoms with E-state index in [-0.39, 0.29) is 94.3 Å². The van der Waals surface area contributed by atoms with E-state index in [0.29, 0.717) is 56.1 Å². The summed E-state index contributed by atoms with van der Waals surface area (Å²) in [7, 11) is 2.94. The lowest BCUT2D eigenvalue weighted by molar-refractivity contribution is -0.266. The molecule has 3 fully saturated rings. The molecule has 75 heavy (non-hydrogen) atoms. The molecule has 4 rings (SSSR count). The predicted octanol–water partition coefficient (Wildman–Crippen LogP) is 7.15. The lowest BCUT2D eigenvalue weighted by Crippen LogP contribution is -2.61. The molecule has 2 bridgehead atoms. The molecule has 0 spiro atoms. The van der Waals surface area contributed by atoms with Crippen molar-refractivity contribution in [1.82, 2.24) is 4.90 Å². The van der Waals surface area contributed by atoms with Gasteiger partial charge in [0, 0.05) is 51.4 Å². The van der Waals surface area contributed by atoms with Crippen LogP contribution in [0.1, 0.15) is 126 Å². The number of hydrogen-bond acceptors (Lipinski definition) is 15. The highest BCUT2D eigenvalue weighted by Gasteiger charge is 2.53. The van der Waals surface area contributed by atoms with Gasteiger partial charge in [0.05, 0.1) is 50.8 Å². The number of rotatable bonds is 13. The van der Waals surface area contributed by atoms with Crippen molar-refractivity contribution in [2.45, 2.75) is 186 Å². The topological polar surface area (TPSA) is 214 Å². The second-order valence-electron chi connectivity index (χ2n) is 21.5. The molecule has 1 aliphatic carbocycles. The van der Waals surface area contributed by atoms with Crippen molar-refractivity contribution in [3.05, 3.63) is 47.6 Å². The number of carbonyl (C=O) groups is 5. The smallest absolute Gasteiger partial charge is 0.411 e. The average molecular weight is 1070 g/mol. The Balaban J connectivity index is 1.71. The molecule has 426 valence electrons. The van der Waals surface area contributed by atoms with Gasteiger partial charge in [0.25, 0.3) is 11.7 Å². The Labute approximate surface area is 441 Å². The molecule has 1 saturated carbocycles. The Bertz CT molecular complexity index is 1990. The maximum atomic E-state index is 14.5. The van der Waals surface area contributed by atoms with Crippen LogP contribution in [0.2, 0.25) is 0 Å². The third-order valence-corrected chi connectivity index (χ3v) is 15.4. The van der Waals surface area contributed by atoms with Crippen molar-refractivity contribution in [3.63, 3.8) is 0 Å². The first kappa shape index (κ1) is 63.9. The first-order valence-corrected chi connectivity index (χ1v) is 26.9. The number of fused-ring (bicyclic) bond motifs is 3. The van der Waals surface area contributed by atoms with Gasteiger partial charge in [0.15, 0.2) is 5.78 Å². The van der Waals surface area contributed by atoms with E-state index in [2.05, 4.69) is 0 Å². The molecule has 16 nitrogen and oxygen atoms in total. The number of hydrogen-bond donors (Lipinski definition) is 3. The second-order valence-corrected chi connectivity index (χ2v) is 21.5. The molecule has 2 unspecified atom stereocenters. The molecule has 3 N–H and O–H groups in total. The normalized spacial score (nSPS) is 36.9. The van der Waals surface area contributed by atoms with E-state index in [0.717, 1.165) is 11.3 Å². The second kappa shape index (κ2) is 30.5. The zero-order valence-corrected chi connectivity index (χ0v) is 45.6. The molecule has 0 aromatic rings. The van der Waals surface area contributed by atoms with Crippen LogP contribution in [-0.4, -0.2) is 164 Å². The number of aliphatic hydroxyl groups is 3. The van der Waals surface area contributed by atoms with Crippen molar-refractivity contribution < 1.29 is 85.6 Å². The zero-order chi connectivity index (χ0) is 55.6. The van der Waals surface area contributed by atoms with Crippen LogP contribution in [0.25, 0.3) is 0 Å². The molecule has 1 amide bonds. The number of nitrogens with zero attached hydrogens (tertiary/aromatic N) is 1. The van der Waals surface area contributed by atoms with Crippen LogP contribution in [0, 0.1) is 35.5 Å². The molecular weight excluding hydrogens is 984 g/mol. The highest BCUT2D eigenvalue weighted by molar-refractivity contribution is 6.39. The molecule has 15 atom stereocenters. The molecule has 2 saturated heterocycles. The Morgan fingerprint density at radius 1 is 0.853 bits per heavy atom. The quantitative estimate of drug-likeness (QED) is 0.0723. The fourth-order valence-corrected chi connectivity index (χ4v) is 10.8. The first-order valence-electron chi connectivity index (χ1n) is 26.9. The summed E-state index contributed by atoms with van der Waals surface area (Å²) in [6.45, 7) is 10.2. The molecule has 0 aromatic heterocycles. The van der Waals surface area contributed by atoms with Gasteiger partial charge in [-0.05, 0) is 107 Å². The van der Waals surface area contributed by atoms with Gasteiger partial charge in [-0.25, -0.2) is 4.79 Å². The number of halogens is 3. The first-order chi connectivity index (χ1) is 35.4. The van der Waals surface area contributed by atoms with E-state index in [1.54, 1.807) is 72.1 Å². The third kappa shape index (κ3) is 19.0. The highest BCUT2D eigenvalue weighted by atomic mass is 19.4. The van der Waals surface area contributed by atoms with Crippen molar-refractivity contribution in [2.24, 2.45) is 35.5 Å². The fourth-order valence-electron chi connectivity index (χ4n) is 10.8. The summed E-state index contributed by atoms with van der Waals surface area (Å²) in [6, 6.07) is -1.23. The molecule has 3 heterocycles. The Hall–Kier alpha value is -3.66. The number of ketones is 3. The minimum atomic E-state index is -4.53. The van der Waals surface area contributed by atoms with Crippen molar-refractivity contribution in [3.8, 4) is 0 Å². The molecular formula is C56H86F3NO15. The minimum absolute atomic E-state index is 0.00247. The fraction of sp³-hybridized carbons (Fsp3) is 0.768. The van der Waals surface area contributed by atoms with Gasteiger partial charge in [-0.3, -0.25) is 19.2 Å². The van der Waals surface area contributed by atoms with E-state index >= 15 is 0 Å². The van der Waals surface area contributed by atoms with Gasteiger partial charge >= 0.3 is 12.1 Å². The Morgan fingerprint density at radius 2 is 1.59 bits per heavy atom. The molecule has 4 aliphatic rings. The van der Waals surface area contributed by atoms with E-state index in [1.807, 2.05) is 19.9 Å². The van der Waals surface area contributed by atoms with Gasteiger partial charge in [-0.15, -0.1) is 0 Å². The van der Waals surface area contributed by atoms with Crippen LogP contribution in [0.15, 0.2) is 47.6 Å². The van der Waals surface area contributed by atoms with E-state index < -0.39 is 96.5 Å². The standard InChI is InChI=1S/C56H86F3NO15/c1-34-15-11-10-12-16-35(2)46(73-26-25-71-33-55(57,58)59)31-42-20-18-40(7)56(68,75-42)52(65)53(66)60-22-14-13-17-43(60)54(67)74-47(37(4)29-41-19-21-45(72-24-23-61)48(30-41)69-8)32-44(62)36(3)28-39(6)50(64)51(70-9)49(63)38(5)27-34/h10-12,15-16,28,34,36-38,40-43,45-48,50-51,61,64,68H,13-14,17-27,29-33H2,1-9H3/b12-10+,15-11-,35-16+,39-28+/t34-,36-,37-,38-,40-,41?,42+,43+,45-,46+,47?,48-,50-,51+,56-/m1/s1. The van der Waals surface area contributed by atoms with Crippen molar-refractivity contribution in [2.75, 3.05) is 53.8 Å². The number of cyclic esters (lactones) is 1. The number of esters is 1. The third-order valence-electron chi connectivity index (χ3n) is 15.4. The van der Waals surface area contributed by atoms with Crippen molar-refractivity contribution in [1.29, 1.82) is 0 Å². The number of alkyl halides is 3. The lowest BCUT2D eigenvalue weighted by atomic mass is 9.78. The van der Waals surface area contributed by atoms with Crippen LogP contribution < -0.4 is 0 Å². The van der Waals surface area contributed by atoms with Gasteiger partial charge in [-0.2, -0.15) is 13.2 Å². The molecule has 3 aliphatic heterocycles. The molecule has 19 heteroatoms. The number of methoxy groups -OCH3 is 2. The Morgan fingerprint density at radius 3 is 2.27 bits per heavy atom. The van der Waals surface area contributed by atoms with E-state index in [1.165, 1.54) is 7.11 Å². The van der Waals surface area contributed by atoms with Gasteiger partial charge in [-0.1, -0.05) is 71.1 Å². The Kier molecular flexibility index (Phi) is 26.0. The number of aliphatic hydroxyl groups excluding tert-OH is 2. The number of amides is 1. The van der Waals surface area contributed by atoms with Gasteiger partial charge in [0.2, 0.25) is 5.79 Å². The summed E-state index contributed by atoms with van der Waals surface area (Å²) in [5.74, 6) is -8.98. The monoisotopic (exact) mass is 1070 g/mol. The van der Waals surface area contributed by atoms with Gasteiger partial charge < -0.3 is 53.4 Å². The summed E-state index contributed by atoms with van der Waals surface area (Å²) in [5, 5.41) is 33.0. The SMILES string of the molecule is CO[C@@H]1CC(C[C@@H](C)C2CC(=O)[C@H](C)/C=C(\C)[C@@H](O)[C@@H](OC)C(=O)[C@H](C)C[C@H](C)\C=C/C=C/C=C(\C)[C@@H](OCCOCC(F)(F)F)C[C@@H]3CC[C@@H](C)[C@@](O)(O3)C(=O)C(=O)N3CCCC[C@H]3C(=O)O2)CC[C@H]1OCCO. The zero-order valence-electron chi connectivity index (χ0n) is 45.6. The van der Waals surface area contributed by atoms with Crippen LogP contribution >= 0.6 is 0 Å². The maximum Gasteiger partial charge on any atom is 0.411 e. The van der Waals surface area contributed by atoms with Crippen LogP contribution in [-0.2, 0) is 57.1 Å². The van der Waals surface area contributed by atoms with E-state index in [9.17, 15) is 52.5 Å². The summed E-state index contributed by atoms with van der Waals surface area (Å²) in [5.41, 5.74) is 0.982. The summed E-state index contributed by atoms with van der Waals surface area (Å²) < 4.78 is 79.0. The summed E-state index contributed by atoms with van der Waals surface area (Å²) >= 11 is 0. The molecule has 0 aromatic carbocycles. The van der Waals surface area contributed by atoms with Crippen LogP contribution in [0.5, 0.6) is 0 Å². The lowest BCUT2D eigenvalue weighted by Gasteiger charge is -2.43. The molecule has 0 radical (unpaired) electrons. The van der Waals surface area contributed by atoms with Gasteiger partial charge in [0.1, 0.15) is 36.7 Å². The van der Waals surface area contributed by atoms with E-state index in [4.69, 9.17) is 33.2 Å². The maximum absolute atomic E-state index is 14.5. The number of allylic oxidation sites excluding steroid dienone is 6.